The average molecular weight is 1500 g/mol. The van der Waals surface area contributed by atoms with E-state index in [0.29, 0.717) is 25.7 Å². The van der Waals surface area contributed by atoms with Crippen molar-refractivity contribution in [2.24, 2.45) is 0 Å². The number of unbranched alkanes of at least 4 members (excludes halogenated alkanes) is 24. The van der Waals surface area contributed by atoms with E-state index in [1.54, 1.807) is 13.8 Å². The number of hydrogen-bond acceptors (Lipinski definition) is 13. The van der Waals surface area contributed by atoms with Gasteiger partial charge in [0.15, 0.2) is 0 Å². The molecule has 0 aromatic rings. The fourth-order valence-corrected chi connectivity index (χ4v) is 11.5. The van der Waals surface area contributed by atoms with Crippen LogP contribution in [0.5, 0.6) is 0 Å². The Morgan fingerprint density at radius 1 is 0.321 bits per heavy atom. The first-order valence-corrected chi connectivity index (χ1v) is 41.0. The molecular weight excluding hydrogens is 1380 g/mol. The van der Waals surface area contributed by atoms with Gasteiger partial charge in [-0.25, -0.2) is 13.9 Å². The molecule has 0 heterocycles. The summed E-state index contributed by atoms with van der Waals surface area (Å²) in [5.41, 5.74) is 0. The zero-order chi connectivity index (χ0) is 77.8. The molecule has 0 saturated carbocycles. The molecule has 0 aromatic carbocycles. The molecule has 2 unspecified atom stereocenters. The molecule has 0 bridgehead atoms. The summed E-state index contributed by atoms with van der Waals surface area (Å²) in [5.74, 6) is 57.9. The maximum absolute atomic E-state index is 13.1. The van der Waals surface area contributed by atoms with Gasteiger partial charge in [0, 0.05) is 63.1 Å². The second-order valence-electron chi connectivity index (χ2n) is 24.8. The first-order chi connectivity index (χ1) is 51.5. The lowest BCUT2D eigenvalue weighted by Crippen LogP contribution is -2.41. The first kappa shape index (κ1) is 98.0. The molecule has 580 valence electrons. The van der Waals surface area contributed by atoms with Gasteiger partial charge in [0.1, 0.15) is 0 Å². The molecule has 0 saturated heterocycles. The van der Waals surface area contributed by atoms with Crippen molar-refractivity contribution in [2.75, 3.05) is 65.9 Å². The van der Waals surface area contributed by atoms with Crippen LogP contribution in [-0.2, 0) is 55.9 Å². The fourth-order valence-electron chi connectivity index (χ4n) is 9.92. The predicted molar refractivity (Wildman–Crippen MR) is 419 cm³/mol. The van der Waals surface area contributed by atoms with E-state index in [1.807, 2.05) is 0 Å². The fraction of sp³-hybridized carbons (Fsp3) is 0.651. The largest absolute Gasteiger partial charge is 0.472 e. The number of amides is 6. The third-order valence-corrected chi connectivity index (χ3v) is 17.4. The minimum Gasteiger partial charge on any atom is -0.379 e. The van der Waals surface area contributed by atoms with E-state index in [-0.39, 0.29) is 63.4 Å². The zero-order valence-corrected chi connectivity index (χ0v) is 65.8. The van der Waals surface area contributed by atoms with Gasteiger partial charge in [0.05, 0.1) is 51.7 Å². The smallest absolute Gasteiger partial charge is 0.379 e. The Morgan fingerprint density at radius 2 is 0.604 bits per heavy atom. The lowest BCUT2D eigenvalue weighted by Gasteiger charge is -2.22. The summed E-state index contributed by atoms with van der Waals surface area (Å²) < 4.78 is 58.8. The molecule has 0 fully saturated rings. The van der Waals surface area contributed by atoms with Crippen LogP contribution >= 0.6 is 15.6 Å². The second kappa shape index (κ2) is 72.6. The molecule has 0 spiro atoms. The van der Waals surface area contributed by atoms with Crippen molar-refractivity contribution in [3.8, 4) is 142 Å². The van der Waals surface area contributed by atoms with E-state index in [2.05, 4.69) is 202 Å². The van der Waals surface area contributed by atoms with Crippen LogP contribution in [0.2, 0.25) is 0 Å². The monoisotopic (exact) mass is 1500 g/mol. The second-order valence-corrected chi connectivity index (χ2v) is 27.7. The SMILES string of the molecule is CC#CC#CC#CC#CC#CC#CC(=O)N[C@H](COCC[C@H](CCCCCCC)NC(=O)CCCCCCCCCCC)COP(=O)(O)OCCNC(=O)NCCOP(=O)(O)OC[C@@H](COCC[C@H](CCCCCCC)NC(=O)CCCCCCCCCCC)NC(=O)C#CC#CC#CC#CC#CC#CC. The highest BCUT2D eigenvalue weighted by molar-refractivity contribution is 7.47. The summed E-state index contributed by atoms with van der Waals surface area (Å²) in [5, 5.41) is 16.4. The number of carbonyl (C=O) groups excluding carboxylic acids is 5. The van der Waals surface area contributed by atoms with E-state index >= 15 is 0 Å². The Morgan fingerprint density at radius 3 is 0.915 bits per heavy atom. The molecule has 8 N–H and O–H groups in total. The average Bonchev–Trinajstić information content (AvgIpc) is 0.919. The third kappa shape index (κ3) is 69.1. The Bertz CT molecular complexity index is 3220. The Hall–Kier alpha value is -7.99. The number of hydrogen-bond donors (Lipinski definition) is 8. The molecule has 0 aromatic heterocycles. The summed E-state index contributed by atoms with van der Waals surface area (Å²) in [6, 6.07) is -3.13. The van der Waals surface area contributed by atoms with Gasteiger partial charge in [0.25, 0.3) is 11.8 Å². The van der Waals surface area contributed by atoms with Crippen molar-refractivity contribution in [1.82, 2.24) is 31.9 Å². The lowest BCUT2D eigenvalue weighted by molar-refractivity contribution is -0.123. The number of nitrogens with one attached hydrogen (secondary N) is 6. The van der Waals surface area contributed by atoms with Crippen LogP contribution in [0.1, 0.15) is 260 Å². The molecule has 0 radical (unpaired) electrons. The molecule has 21 nitrogen and oxygen atoms in total. The van der Waals surface area contributed by atoms with Crippen LogP contribution < -0.4 is 31.9 Å². The summed E-state index contributed by atoms with van der Waals surface area (Å²) in [7, 11) is -9.63. The van der Waals surface area contributed by atoms with E-state index in [4.69, 9.17) is 27.6 Å². The molecule has 0 aliphatic carbocycles. The van der Waals surface area contributed by atoms with Gasteiger partial charge in [-0.15, -0.1) is 0 Å². The van der Waals surface area contributed by atoms with E-state index in [0.717, 1.165) is 116 Å². The van der Waals surface area contributed by atoms with Crippen LogP contribution in [0.15, 0.2) is 0 Å². The van der Waals surface area contributed by atoms with Crippen molar-refractivity contribution >= 4 is 45.3 Å². The molecular formula is C83H118N6O15P2. The van der Waals surface area contributed by atoms with Gasteiger partial charge in [0.2, 0.25) is 11.8 Å². The highest BCUT2D eigenvalue weighted by atomic mass is 31.2. The van der Waals surface area contributed by atoms with Crippen molar-refractivity contribution in [3.63, 3.8) is 0 Å². The van der Waals surface area contributed by atoms with Gasteiger partial charge in [-0.3, -0.25) is 37.3 Å². The number of phosphoric ester groups is 2. The highest BCUT2D eigenvalue weighted by Gasteiger charge is 2.27. The zero-order valence-electron chi connectivity index (χ0n) is 64.0. The maximum atomic E-state index is 13.1. The number of rotatable bonds is 60. The van der Waals surface area contributed by atoms with Gasteiger partial charge in [-0.2, -0.15) is 0 Å². The predicted octanol–water partition coefficient (Wildman–Crippen LogP) is 11.9. The van der Waals surface area contributed by atoms with Crippen molar-refractivity contribution in [2.45, 2.75) is 284 Å². The van der Waals surface area contributed by atoms with Crippen molar-refractivity contribution < 1.29 is 70.5 Å². The third-order valence-electron chi connectivity index (χ3n) is 15.5. The van der Waals surface area contributed by atoms with Crippen LogP contribution in [0.4, 0.5) is 4.79 Å². The Balaban J connectivity index is 5.82. The van der Waals surface area contributed by atoms with Crippen LogP contribution in [-0.4, -0.2) is 130 Å². The number of urea groups is 1. The van der Waals surface area contributed by atoms with Crippen LogP contribution in [0.25, 0.3) is 0 Å². The minimum atomic E-state index is -4.82. The van der Waals surface area contributed by atoms with Crippen molar-refractivity contribution in [3.05, 3.63) is 0 Å². The summed E-state index contributed by atoms with van der Waals surface area (Å²) >= 11 is 0. The molecule has 6 amide bonds. The highest BCUT2D eigenvalue weighted by Crippen LogP contribution is 2.43. The lowest BCUT2D eigenvalue weighted by atomic mass is 10.0. The standard InChI is InChI=1S/C83H118N6O15P2/c1-7-13-19-25-29-33-35-39-43-49-55-61-81(92)88-77(71-99-67-63-75(57-51-45-23-17-11-5)86-79(90)59-53-47-41-37-31-27-21-15-9-3)73-103-105(95,96)101-69-65-84-83(94)85-66-70-102-106(97,98)104-74-78(89-82(93)62-56-50-44-40-36-34-30-26-20-14-8-2)72-100-68-64-76(58-52-46-24-18-12-6)87-80(91)60-54-48-42-38-32-28-22-16-10-4/h75-78H,9-12,15-18,21-24,27-28,31-32,37-38,41-42,45-48,51-54,57-60,63-74H2,1-6H3,(H,86,90)(H,87,91)(H,88,92)(H,89,93)(H,95,96)(H,97,98)(H2,84,85,94)/t75-,76-,77+,78+/m0/s1. The summed E-state index contributed by atoms with van der Waals surface area (Å²) in [4.78, 5) is 86.0. The molecule has 6 atom stereocenters. The molecule has 106 heavy (non-hydrogen) atoms. The van der Waals surface area contributed by atoms with Gasteiger partial charge >= 0.3 is 21.7 Å². The summed E-state index contributed by atoms with van der Waals surface area (Å²) in [6.45, 7) is 9.26. The van der Waals surface area contributed by atoms with Gasteiger partial charge in [-0.1, -0.05) is 206 Å². The van der Waals surface area contributed by atoms with E-state index in [1.165, 1.54) is 77.0 Å². The van der Waals surface area contributed by atoms with E-state index < -0.39 is 72.0 Å². The topological polar surface area (TPSA) is 288 Å². The number of phosphoric acid groups is 2. The first-order valence-electron chi connectivity index (χ1n) is 38.0. The molecule has 23 heteroatoms. The Kier molecular flexibility index (Phi) is 67.1. The number of ether oxygens (including phenoxy) is 2. The van der Waals surface area contributed by atoms with Gasteiger partial charge in [-0.05, 0) is 171 Å². The Labute approximate surface area is 636 Å². The number of carbonyl (C=O) groups is 5. The van der Waals surface area contributed by atoms with Crippen molar-refractivity contribution in [1.29, 1.82) is 0 Å². The maximum Gasteiger partial charge on any atom is 0.472 e. The van der Waals surface area contributed by atoms with Crippen LogP contribution in [0, 0.1) is 142 Å². The molecule has 0 aliphatic heterocycles. The van der Waals surface area contributed by atoms with Gasteiger partial charge < -0.3 is 51.2 Å². The molecule has 0 rings (SSSR count). The van der Waals surface area contributed by atoms with E-state index in [9.17, 15) is 42.9 Å². The quantitative estimate of drug-likeness (QED) is 0.0160. The minimum absolute atomic E-state index is 0.00471. The normalized spacial score (nSPS) is 12.1. The molecule has 0 aliphatic rings. The summed E-state index contributed by atoms with van der Waals surface area (Å²) in [6.07, 6.45) is 34.7. The van der Waals surface area contributed by atoms with Crippen LogP contribution in [0.3, 0.4) is 0 Å².